The Morgan fingerprint density at radius 2 is 1.75 bits per heavy atom. The first-order valence-electron chi connectivity index (χ1n) is 10.2. The summed E-state index contributed by atoms with van der Waals surface area (Å²) in [7, 11) is 0. The molecule has 0 bridgehead atoms. The smallest absolute Gasteiger partial charge is 0.223 e. The Hall–Kier alpha value is -2.20. The molecule has 3 nitrogen and oxygen atoms in total. The van der Waals surface area contributed by atoms with Crippen LogP contribution in [0.1, 0.15) is 53.6 Å². The van der Waals surface area contributed by atoms with Crippen LogP contribution in [0, 0.1) is 32.5 Å². The van der Waals surface area contributed by atoms with Crippen molar-refractivity contribution < 1.29 is 9.18 Å². The Balaban J connectivity index is 1.54. The van der Waals surface area contributed by atoms with E-state index in [2.05, 4.69) is 50.0 Å². The minimum absolute atomic E-state index is 0.00300. The highest BCUT2D eigenvalue weighted by Gasteiger charge is 2.26. The van der Waals surface area contributed by atoms with Crippen molar-refractivity contribution in [3.63, 3.8) is 0 Å². The van der Waals surface area contributed by atoms with Gasteiger partial charge in [0.1, 0.15) is 5.82 Å². The van der Waals surface area contributed by atoms with E-state index < -0.39 is 0 Å². The van der Waals surface area contributed by atoms with Gasteiger partial charge in [-0.2, -0.15) is 0 Å². The molecular weight excluding hydrogens is 351 g/mol. The van der Waals surface area contributed by atoms with Crippen LogP contribution in [0.4, 0.5) is 4.39 Å². The van der Waals surface area contributed by atoms with E-state index in [1.54, 1.807) is 6.07 Å². The summed E-state index contributed by atoms with van der Waals surface area (Å²) in [5.41, 5.74) is 5.67. The number of piperidine rings is 1. The molecule has 2 aromatic rings. The van der Waals surface area contributed by atoms with Gasteiger partial charge in [-0.05, 0) is 81.9 Å². The van der Waals surface area contributed by atoms with Gasteiger partial charge in [-0.1, -0.05) is 30.3 Å². The van der Waals surface area contributed by atoms with E-state index >= 15 is 0 Å². The summed E-state index contributed by atoms with van der Waals surface area (Å²) >= 11 is 0. The largest absolute Gasteiger partial charge is 0.349 e. The Kier molecular flexibility index (Phi) is 6.50. The Morgan fingerprint density at radius 3 is 2.43 bits per heavy atom. The molecule has 0 radical (unpaired) electrons. The van der Waals surface area contributed by atoms with Crippen LogP contribution >= 0.6 is 0 Å². The number of amides is 1. The summed E-state index contributed by atoms with van der Waals surface area (Å²) in [6.45, 7) is 10.6. The summed E-state index contributed by atoms with van der Waals surface area (Å²) in [5.74, 6) is 0.0155. The number of hydrogen-bond acceptors (Lipinski definition) is 2. The van der Waals surface area contributed by atoms with E-state index in [0.717, 1.165) is 31.5 Å². The van der Waals surface area contributed by atoms with E-state index in [9.17, 15) is 9.18 Å². The number of benzene rings is 2. The molecule has 3 rings (SSSR count). The molecule has 0 saturated carbocycles. The van der Waals surface area contributed by atoms with Crippen LogP contribution in [0.5, 0.6) is 0 Å². The van der Waals surface area contributed by atoms with E-state index in [1.807, 2.05) is 12.1 Å². The van der Waals surface area contributed by atoms with Crippen LogP contribution < -0.4 is 5.32 Å². The lowest BCUT2D eigenvalue weighted by Crippen LogP contribution is -2.41. The Bertz CT molecular complexity index is 840. The van der Waals surface area contributed by atoms with Gasteiger partial charge < -0.3 is 5.32 Å². The summed E-state index contributed by atoms with van der Waals surface area (Å²) in [6.07, 6.45) is 1.64. The maximum absolute atomic E-state index is 13.8. The molecule has 1 saturated heterocycles. The first kappa shape index (κ1) is 20.5. The first-order valence-corrected chi connectivity index (χ1v) is 10.2. The van der Waals surface area contributed by atoms with Crippen molar-refractivity contribution in [1.29, 1.82) is 0 Å². The van der Waals surface area contributed by atoms with Crippen LogP contribution in [0.15, 0.2) is 36.4 Å². The van der Waals surface area contributed by atoms with E-state index in [0.29, 0.717) is 6.54 Å². The first-order chi connectivity index (χ1) is 13.3. The fourth-order valence-corrected chi connectivity index (χ4v) is 4.08. The summed E-state index contributed by atoms with van der Waals surface area (Å²) in [4.78, 5) is 15.0. The van der Waals surface area contributed by atoms with Gasteiger partial charge in [-0.25, -0.2) is 4.39 Å². The van der Waals surface area contributed by atoms with Crippen LogP contribution in [-0.4, -0.2) is 23.9 Å². The number of aryl methyl sites for hydroxylation is 3. The summed E-state index contributed by atoms with van der Waals surface area (Å²) in [6, 6.07) is 11.3. The van der Waals surface area contributed by atoms with Gasteiger partial charge in [0.15, 0.2) is 0 Å². The molecule has 1 N–H and O–H groups in total. The molecule has 2 aromatic carbocycles. The van der Waals surface area contributed by atoms with Crippen molar-refractivity contribution in [1.82, 2.24) is 10.2 Å². The standard InChI is InChI=1S/C24H31FN2O/c1-16-13-18(3)22(14-17(16)2)19(4)26-24(28)20-9-11-27(12-10-20)15-21-7-5-6-8-23(21)25/h5-8,13-14,19-20H,9-12,15H2,1-4H3,(H,26,28)/t19-/m0/s1. The molecule has 0 spiro atoms. The SMILES string of the molecule is Cc1cc(C)c([C@H](C)NC(=O)C2CCN(Cc3ccccc3F)CC2)cc1C. The van der Waals surface area contributed by atoms with Crippen molar-refractivity contribution in [2.75, 3.05) is 13.1 Å². The van der Waals surface area contributed by atoms with Gasteiger partial charge in [0.25, 0.3) is 0 Å². The predicted molar refractivity (Wildman–Crippen MR) is 112 cm³/mol. The van der Waals surface area contributed by atoms with Crippen molar-refractivity contribution in [3.8, 4) is 0 Å². The van der Waals surface area contributed by atoms with Crippen LogP contribution in [0.25, 0.3) is 0 Å². The average Bonchev–Trinajstić information content (AvgIpc) is 2.67. The average molecular weight is 383 g/mol. The highest BCUT2D eigenvalue weighted by atomic mass is 19.1. The second-order valence-electron chi connectivity index (χ2n) is 8.17. The van der Waals surface area contributed by atoms with Crippen molar-refractivity contribution >= 4 is 5.91 Å². The Morgan fingerprint density at radius 1 is 1.11 bits per heavy atom. The van der Waals surface area contributed by atoms with Crippen molar-refractivity contribution in [2.45, 2.75) is 53.1 Å². The molecule has 1 atom stereocenters. The molecule has 1 aliphatic heterocycles. The third-order valence-corrected chi connectivity index (χ3v) is 6.02. The lowest BCUT2D eigenvalue weighted by atomic mass is 9.93. The molecule has 1 heterocycles. The van der Waals surface area contributed by atoms with Crippen molar-refractivity contribution in [2.24, 2.45) is 5.92 Å². The molecule has 0 aromatic heterocycles. The Labute approximate surface area is 167 Å². The number of hydrogen-bond donors (Lipinski definition) is 1. The molecule has 1 aliphatic rings. The molecule has 4 heteroatoms. The number of halogens is 1. The number of likely N-dealkylation sites (tertiary alicyclic amines) is 1. The third kappa shape index (κ3) is 4.79. The zero-order valence-corrected chi connectivity index (χ0v) is 17.4. The molecule has 28 heavy (non-hydrogen) atoms. The summed E-state index contributed by atoms with van der Waals surface area (Å²) < 4.78 is 13.8. The van der Waals surface area contributed by atoms with Gasteiger partial charge in [0, 0.05) is 18.0 Å². The minimum Gasteiger partial charge on any atom is -0.349 e. The quantitative estimate of drug-likeness (QED) is 0.802. The molecular formula is C24H31FN2O. The highest BCUT2D eigenvalue weighted by molar-refractivity contribution is 5.79. The number of nitrogens with one attached hydrogen (secondary N) is 1. The van der Waals surface area contributed by atoms with Gasteiger partial charge in [-0.3, -0.25) is 9.69 Å². The number of carbonyl (C=O) groups excluding carboxylic acids is 1. The molecule has 150 valence electrons. The second-order valence-corrected chi connectivity index (χ2v) is 8.17. The summed E-state index contributed by atoms with van der Waals surface area (Å²) in [5, 5.41) is 3.21. The maximum Gasteiger partial charge on any atom is 0.223 e. The van der Waals surface area contributed by atoms with E-state index in [1.165, 1.54) is 28.3 Å². The van der Waals surface area contributed by atoms with Crippen LogP contribution in [0.3, 0.4) is 0 Å². The second kappa shape index (κ2) is 8.87. The predicted octanol–water partition coefficient (Wildman–Crippen LogP) is 4.84. The monoisotopic (exact) mass is 382 g/mol. The fraction of sp³-hybridized carbons (Fsp3) is 0.458. The third-order valence-electron chi connectivity index (χ3n) is 6.02. The van der Waals surface area contributed by atoms with Crippen LogP contribution in [0.2, 0.25) is 0 Å². The van der Waals surface area contributed by atoms with Crippen molar-refractivity contribution in [3.05, 3.63) is 70.0 Å². The topological polar surface area (TPSA) is 32.3 Å². The normalized spacial score (nSPS) is 16.8. The van der Waals surface area contributed by atoms with E-state index in [-0.39, 0.29) is 23.7 Å². The van der Waals surface area contributed by atoms with Gasteiger partial charge in [0.05, 0.1) is 6.04 Å². The zero-order chi connectivity index (χ0) is 20.3. The zero-order valence-electron chi connectivity index (χ0n) is 17.4. The fourth-order valence-electron chi connectivity index (χ4n) is 4.08. The molecule has 1 amide bonds. The molecule has 0 unspecified atom stereocenters. The maximum atomic E-state index is 13.8. The molecule has 1 fully saturated rings. The number of rotatable bonds is 5. The lowest BCUT2D eigenvalue weighted by molar-refractivity contribution is -0.127. The lowest BCUT2D eigenvalue weighted by Gasteiger charge is -2.32. The number of nitrogens with zero attached hydrogens (tertiary/aromatic N) is 1. The van der Waals surface area contributed by atoms with Gasteiger partial charge >= 0.3 is 0 Å². The number of carbonyl (C=O) groups is 1. The van der Waals surface area contributed by atoms with Crippen LogP contribution in [-0.2, 0) is 11.3 Å². The van der Waals surface area contributed by atoms with Gasteiger partial charge in [-0.15, -0.1) is 0 Å². The molecule has 0 aliphatic carbocycles. The van der Waals surface area contributed by atoms with Gasteiger partial charge in [0.2, 0.25) is 5.91 Å². The highest BCUT2D eigenvalue weighted by Crippen LogP contribution is 2.24. The minimum atomic E-state index is -0.153. The van der Waals surface area contributed by atoms with E-state index in [4.69, 9.17) is 0 Å².